The van der Waals surface area contributed by atoms with Crippen molar-refractivity contribution >= 4 is 15.9 Å². The summed E-state index contributed by atoms with van der Waals surface area (Å²) < 4.78 is 7.00. The lowest BCUT2D eigenvalue weighted by Crippen LogP contribution is -2.38. The Bertz CT molecular complexity index is 450. The molecule has 0 spiro atoms. The van der Waals surface area contributed by atoms with Gasteiger partial charge in [0.2, 0.25) is 0 Å². The summed E-state index contributed by atoms with van der Waals surface area (Å²) in [5.41, 5.74) is 7.68. The molecule has 3 heteroatoms. The van der Waals surface area contributed by atoms with Crippen molar-refractivity contribution < 1.29 is 4.74 Å². The quantitative estimate of drug-likeness (QED) is 0.893. The van der Waals surface area contributed by atoms with E-state index in [0.29, 0.717) is 0 Å². The van der Waals surface area contributed by atoms with Gasteiger partial charge in [0.05, 0.1) is 11.1 Å². The van der Waals surface area contributed by atoms with E-state index in [1.165, 1.54) is 37.7 Å². The van der Waals surface area contributed by atoms with E-state index in [1.807, 2.05) is 6.07 Å². The third-order valence-electron chi connectivity index (χ3n) is 4.42. The zero-order chi connectivity index (χ0) is 13.3. The minimum absolute atomic E-state index is 0.171. The maximum absolute atomic E-state index is 6.63. The molecule has 0 heterocycles. The molecule has 2 saturated carbocycles. The molecule has 0 saturated heterocycles. The van der Waals surface area contributed by atoms with Gasteiger partial charge in [-0.05, 0) is 59.2 Å². The normalized spacial score (nSPS) is 22.2. The summed E-state index contributed by atoms with van der Waals surface area (Å²) in [7, 11) is 0. The monoisotopic (exact) mass is 323 g/mol. The van der Waals surface area contributed by atoms with Crippen molar-refractivity contribution in [3.8, 4) is 5.75 Å². The minimum atomic E-state index is -0.171. The van der Waals surface area contributed by atoms with Crippen molar-refractivity contribution in [3.63, 3.8) is 0 Å². The highest BCUT2D eigenvalue weighted by molar-refractivity contribution is 9.10. The molecule has 0 unspecified atom stereocenters. The van der Waals surface area contributed by atoms with Crippen LogP contribution >= 0.6 is 15.9 Å². The lowest BCUT2D eigenvalue weighted by atomic mass is 9.77. The largest absolute Gasteiger partial charge is 0.492 e. The summed E-state index contributed by atoms with van der Waals surface area (Å²) in [4.78, 5) is 0. The zero-order valence-corrected chi connectivity index (χ0v) is 12.9. The summed E-state index contributed by atoms with van der Waals surface area (Å²) in [6.45, 7) is 0.847. The van der Waals surface area contributed by atoms with Crippen molar-refractivity contribution in [1.82, 2.24) is 0 Å². The van der Waals surface area contributed by atoms with E-state index in [0.717, 1.165) is 35.6 Å². The zero-order valence-electron chi connectivity index (χ0n) is 11.3. The predicted octanol–water partition coefficient (Wildman–Crippen LogP) is 4.36. The van der Waals surface area contributed by atoms with Crippen LogP contribution in [-0.4, -0.2) is 6.61 Å². The van der Waals surface area contributed by atoms with Crippen LogP contribution in [0.15, 0.2) is 22.7 Å². The van der Waals surface area contributed by atoms with Crippen LogP contribution in [0.3, 0.4) is 0 Å². The molecule has 0 bridgehead atoms. The first-order valence-corrected chi connectivity index (χ1v) is 8.19. The topological polar surface area (TPSA) is 35.2 Å². The lowest BCUT2D eigenvalue weighted by Gasteiger charge is -2.35. The van der Waals surface area contributed by atoms with E-state index in [-0.39, 0.29) is 5.54 Å². The molecule has 2 aliphatic rings. The van der Waals surface area contributed by atoms with E-state index < -0.39 is 0 Å². The van der Waals surface area contributed by atoms with Gasteiger partial charge in [-0.3, -0.25) is 0 Å². The first-order valence-electron chi connectivity index (χ1n) is 7.40. The second-order valence-electron chi connectivity index (χ2n) is 6.09. The summed E-state index contributed by atoms with van der Waals surface area (Å²) in [6.07, 6.45) is 8.58. The standard InChI is InChI=1S/C16H22BrNO/c17-15-13(16(18)9-2-1-3-10-16)5-4-6-14(15)19-11-12-7-8-12/h4-6,12H,1-3,7-11,18H2. The number of nitrogens with two attached hydrogens (primary N) is 1. The molecule has 2 nitrogen and oxygen atoms in total. The molecule has 0 amide bonds. The lowest BCUT2D eigenvalue weighted by molar-refractivity contribution is 0.286. The molecule has 104 valence electrons. The number of ether oxygens (including phenoxy) is 1. The fraction of sp³-hybridized carbons (Fsp3) is 0.625. The average Bonchev–Trinajstić information content (AvgIpc) is 3.22. The molecule has 19 heavy (non-hydrogen) atoms. The van der Waals surface area contributed by atoms with Gasteiger partial charge in [-0.25, -0.2) is 0 Å². The first kappa shape index (κ1) is 13.4. The molecule has 2 aliphatic carbocycles. The molecule has 2 N–H and O–H groups in total. The van der Waals surface area contributed by atoms with Gasteiger partial charge >= 0.3 is 0 Å². The van der Waals surface area contributed by atoms with Crippen molar-refractivity contribution in [2.45, 2.75) is 50.5 Å². The first-order chi connectivity index (χ1) is 9.19. The Morgan fingerprint density at radius 1 is 1.21 bits per heavy atom. The molecule has 2 fully saturated rings. The Hall–Kier alpha value is -0.540. The van der Waals surface area contributed by atoms with E-state index >= 15 is 0 Å². The molecule has 0 aliphatic heterocycles. The molecular formula is C16H22BrNO. The maximum atomic E-state index is 6.63. The van der Waals surface area contributed by atoms with E-state index in [1.54, 1.807) is 0 Å². The van der Waals surface area contributed by atoms with Crippen molar-refractivity contribution in [1.29, 1.82) is 0 Å². The van der Waals surface area contributed by atoms with Gasteiger partial charge in [-0.15, -0.1) is 0 Å². The summed E-state index contributed by atoms with van der Waals surface area (Å²) in [5, 5.41) is 0. The Morgan fingerprint density at radius 3 is 2.63 bits per heavy atom. The van der Waals surface area contributed by atoms with Gasteiger partial charge in [0.25, 0.3) is 0 Å². The molecule has 0 aromatic heterocycles. The Kier molecular flexibility index (Phi) is 3.86. The van der Waals surface area contributed by atoms with Crippen LogP contribution in [0, 0.1) is 5.92 Å². The van der Waals surface area contributed by atoms with Crippen LogP contribution in [-0.2, 0) is 5.54 Å². The van der Waals surface area contributed by atoms with Crippen LogP contribution in [0.1, 0.15) is 50.5 Å². The smallest absolute Gasteiger partial charge is 0.133 e. The molecular weight excluding hydrogens is 302 g/mol. The van der Waals surface area contributed by atoms with Gasteiger partial charge in [0.15, 0.2) is 0 Å². The number of benzene rings is 1. The van der Waals surface area contributed by atoms with Crippen LogP contribution in [0.25, 0.3) is 0 Å². The number of hydrogen-bond donors (Lipinski definition) is 1. The highest BCUT2D eigenvalue weighted by Crippen LogP contribution is 2.42. The average molecular weight is 324 g/mol. The van der Waals surface area contributed by atoms with E-state index in [9.17, 15) is 0 Å². The van der Waals surface area contributed by atoms with Gasteiger partial charge in [0, 0.05) is 5.54 Å². The Labute approximate surface area is 123 Å². The summed E-state index contributed by atoms with van der Waals surface area (Å²) in [6, 6.07) is 6.27. The highest BCUT2D eigenvalue weighted by Gasteiger charge is 2.32. The van der Waals surface area contributed by atoms with Crippen LogP contribution in [0.2, 0.25) is 0 Å². The van der Waals surface area contributed by atoms with Crippen molar-refractivity contribution in [2.24, 2.45) is 11.7 Å². The molecule has 1 aromatic carbocycles. The van der Waals surface area contributed by atoms with Crippen molar-refractivity contribution in [3.05, 3.63) is 28.2 Å². The summed E-state index contributed by atoms with van der Waals surface area (Å²) in [5.74, 6) is 1.73. The predicted molar refractivity (Wildman–Crippen MR) is 81.3 cm³/mol. The third-order valence-corrected chi connectivity index (χ3v) is 5.23. The number of rotatable bonds is 4. The van der Waals surface area contributed by atoms with Crippen LogP contribution in [0.4, 0.5) is 0 Å². The Balaban J connectivity index is 1.81. The highest BCUT2D eigenvalue weighted by atomic mass is 79.9. The second kappa shape index (κ2) is 5.45. The Morgan fingerprint density at radius 2 is 1.95 bits per heavy atom. The van der Waals surface area contributed by atoms with Gasteiger partial charge in [-0.1, -0.05) is 31.4 Å². The van der Waals surface area contributed by atoms with Crippen molar-refractivity contribution in [2.75, 3.05) is 6.61 Å². The van der Waals surface area contributed by atoms with E-state index in [2.05, 4.69) is 28.1 Å². The van der Waals surface area contributed by atoms with Gasteiger partial charge in [0.1, 0.15) is 5.75 Å². The molecule has 1 aromatic rings. The molecule has 0 radical (unpaired) electrons. The van der Waals surface area contributed by atoms with Gasteiger partial charge < -0.3 is 10.5 Å². The molecule has 0 atom stereocenters. The fourth-order valence-corrected chi connectivity index (χ4v) is 3.72. The number of halogens is 1. The van der Waals surface area contributed by atoms with E-state index in [4.69, 9.17) is 10.5 Å². The fourth-order valence-electron chi connectivity index (χ4n) is 2.95. The minimum Gasteiger partial charge on any atom is -0.492 e. The maximum Gasteiger partial charge on any atom is 0.133 e. The third kappa shape index (κ3) is 2.97. The number of hydrogen-bond acceptors (Lipinski definition) is 2. The van der Waals surface area contributed by atoms with Gasteiger partial charge in [-0.2, -0.15) is 0 Å². The summed E-state index contributed by atoms with van der Waals surface area (Å²) >= 11 is 3.72. The van der Waals surface area contributed by atoms with Crippen LogP contribution in [0.5, 0.6) is 5.75 Å². The molecule has 3 rings (SSSR count). The van der Waals surface area contributed by atoms with Crippen LogP contribution < -0.4 is 10.5 Å². The second-order valence-corrected chi connectivity index (χ2v) is 6.88. The SMILES string of the molecule is NC1(c2cccc(OCC3CC3)c2Br)CCCCC1.